The third kappa shape index (κ3) is 1.87. The van der Waals surface area contributed by atoms with Crippen LogP contribution in [-0.4, -0.2) is 22.9 Å². The highest BCUT2D eigenvalue weighted by Gasteiger charge is 2.61. The maximum absolute atomic E-state index is 10.9. The van der Waals surface area contributed by atoms with Crippen LogP contribution in [0.5, 0.6) is 0 Å². The van der Waals surface area contributed by atoms with Gasteiger partial charge in [-0.2, -0.15) is 5.26 Å². The van der Waals surface area contributed by atoms with E-state index in [9.17, 15) is 10.4 Å². The van der Waals surface area contributed by atoms with Gasteiger partial charge in [0, 0.05) is 6.42 Å². The molecule has 19 heavy (non-hydrogen) atoms. The van der Waals surface area contributed by atoms with Gasteiger partial charge in [0.15, 0.2) is 0 Å². The van der Waals surface area contributed by atoms with Gasteiger partial charge in [-0.25, -0.2) is 0 Å². The van der Waals surface area contributed by atoms with Gasteiger partial charge in [0.05, 0.1) is 23.9 Å². The van der Waals surface area contributed by atoms with E-state index in [-0.39, 0.29) is 12.2 Å². The number of fused-ring (bicyclic) bond motifs is 2. The van der Waals surface area contributed by atoms with Crippen molar-refractivity contribution in [1.82, 2.24) is 0 Å². The summed E-state index contributed by atoms with van der Waals surface area (Å²) in [6.07, 6.45) is 3.12. The predicted octanol–water partition coefficient (Wildman–Crippen LogP) is 2.44. The van der Waals surface area contributed by atoms with Crippen LogP contribution in [0.3, 0.4) is 0 Å². The van der Waals surface area contributed by atoms with Crippen molar-refractivity contribution in [3.63, 3.8) is 0 Å². The highest BCUT2D eigenvalue weighted by Crippen LogP contribution is 2.53. The van der Waals surface area contributed by atoms with E-state index in [4.69, 9.17) is 4.74 Å². The zero-order valence-electron chi connectivity index (χ0n) is 11.2. The molecule has 2 saturated heterocycles. The molecular formula is C16H19NO2. The van der Waals surface area contributed by atoms with Gasteiger partial charge in [0.1, 0.15) is 5.41 Å². The molecule has 1 N–H and O–H groups in total. The van der Waals surface area contributed by atoms with Gasteiger partial charge < -0.3 is 9.84 Å². The Morgan fingerprint density at radius 1 is 1.42 bits per heavy atom. The van der Waals surface area contributed by atoms with E-state index in [1.807, 2.05) is 30.3 Å². The zero-order chi connectivity index (χ0) is 13.5. The van der Waals surface area contributed by atoms with Crippen LogP contribution in [0.15, 0.2) is 30.3 Å². The summed E-state index contributed by atoms with van der Waals surface area (Å²) in [5.74, 6) is 0. The monoisotopic (exact) mass is 257 g/mol. The van der Waals surface area contributed by atoms with Crippen LogP contribution in [0.25, 0.3) is 0 Å². The quantitative estimate of drug-likeness (QED) is 0.905. The second kappa shape index (κ2) is 4.33. The standard InChI is InChI=1S/C16H19NO2/c1-15(18,9-12-5-3-2-4-6-12)16(11-17)10-13-7-8-14(16)19-13/h2-6,13-14,18H,7-10H2,1H3. The number of ether oxygens (including phenoxy) is 1. The Morgan fingerprint density at radius 2 is 2.16 bits per heavy atom. The number of nitriles is 1. The Labute approximate surface area is 113 Å². The Kier molecular flexibility index (Phi) is 2.88. The Morgan fingerprint density at radius 3 is 2.68 bits per heavy atom. The third-order valence-electron chi connectivity index (χ3n) is 4.76. The number of hydrogen-bond donors (Lipinski definition) is 1. The lowest BCUT2D eigenvalue weighted by Gasteiger charge is -2.41. The summed E-state index contributed by atoms with van der Waals surface area (Å²) in [7, 11) is 0. The molecule has 1 aromatic rings. The van der Waals surface area contributed by atoms with Crippen molar-refractivity contribution >= 4 is 0 Å². The summed E-state index contributed by atoms with van der Waals surface area (Å²) in [5.41, 5.74) is -0.751. The SMILES string of the molecule is CC(O)(Cc1ccccc1)C1(C#N)CC2CCC1O2. The van der Waals surface area contributed by atoms with Gasteiger partial charge in [-0.3, -0.25) is 0 Å². The molecular weight excluding hydrogens is 238 g/mol. The van der Waals surface area contributed by atoms with Crippen LogP contribution < -0.4 is 0 Å². The molecule has 0 aromatic heterocycles. The third-order valence-corrected chi connectivity index (χ3v) is 4.76. The summed E-state index contributed by atoms with van der Waals surface area (Å²) in [4.78, 5) is 0. The van der Waals surface area contributed by atoms with Gasteiger partial charge in [-0.15, -0.1) is 0 Å². The molecule has 1 aromatic carbocycles. The first kappa shape index (κ1) is 12.7. The van der Waals surface area contributed by atoms with Crippen LogP contribution >= 0.6 is 0 Å². The normalized spacial score (nSPS) is 35.8. The summed E-state index contributed by atoms with van der Waals surface area (Å²) in [5, 5.41) is 20.6. The summed E-state index contributed by atoms with van der Waals surface area (Å²) in [6.45, 7) is 1.78. The molecule has 2 fully saturated rings. The van der Waals surface area contributed by atoms with E-state index in [1.54, 1.807) is 6.92 Å². The van der Waals surface area contributed by atoms with Crippen LogP contribution in [0.4, 0.5) is 0 Å². The molecule has 2 bridgehead atoms. The molecule has 0 amide bonds. The molecule has 2 aliphatic heterocycles. The lowest BCUT2D eigenvalue weighted by Crippen LogP contribution is -2.52. The number of hydrogen-bond acceptors (Lipinski definition) is 3. The minimum absolute atomic E-state index is 0.110. The van der Waals surface area contributed by atoms with Gasteiger partial charge >= 0.3 is 0 Å². The zero-order valence-corrected chi connectivity index (χ0v) is 11.2. The predicted molar refractivity (Wildman–Crippen MR) is 71.3 cm³/mol. The lowest BCUT2D eigenvalue weighted by atomic mass is 9.63. The second-order valence-electron chi connectivity index (χ2n) is 6.05. The van der Waals surface area contributed by atoms with E-state index >= 15 is 0 Å². The fourth-order valence-electron chi connectivity index (χ4n) is 3.66. The molecule has 3 heteroatoms. The average Bonchev–Trinajstić information content (AvgIpc) is 3.00. The minimum Gasteiger partial charge on any atom is -0.388 e. The van der Waals surface area contributed by atoms with Gasteiger partial charge in [-0.05, 0) is 31.7 Å². The molecule has 0 saturated carbocycles. The topological polar surface area (TPSA) is 53.2 Å². The van der Waals surface area contributed by atoms with Crippen LogP contribution in [0, 0.1) is 16.7 Å². The van der Waals surface area contributed by atoms with Crippen LogP contribution in [0.1, 0.15) is 31.7 Å². The number of rotatable bonds is 3. The molecule has 0 aliphatic carbocycles. The molecule has 3 nitrogen and oxygen atoms in total. The molecule has 3 rings (SSSR count). The van der Waals surface area contributed by atoms with E-state index in [0.29, 0.717) is 12.8 Å². The van der Waals surface area contributed by atoms with E-state index < -0.39 is 11.0 Å². The fourth-order valence-corrected chi connectivity index (χ4v) is 3.66. The van der Waals surface area contributed by atoms with Crippen molar-refractivity contribution in [3.05, 3.63) is 35.9 Å². The van der Waals surface area contributed by atoms with Gasteiger partial charge in [0.25, 0.3) is 0 Å². The summed E-state index contributed by atoms with van der Waals surface area (Å²) >= 11 is 0. The molecule has 0 radical (unpaired) electrons. The van der Waals surface area contributed by atoms with Crippen molar-refractivity contribution in [1.29, 1.82) is 5.26 Å². The Balaban J connectivity index is 1.89. The van der Waals surface area contributed by atoms with Crippen LogP contribution in [-0.2, 0) is 11.2 Å². The van der Waals surface area contributed by atoms with E-state index in [1.165, 1.54) is 0 Å². The Bertz CT molecular complexity index is 505. The van der Waals surface area contributed by atoms with Crippen molar-refractivity contribution < 1.29 is 9.84 Å². The van der Waals surface area contributed by atoms with Crippen LogP contribution in [0.2, 0.25) is 0 Å². The minimum atomic E-state index is -1.05. The van der Waals surface area contributed by atoms with Gasteiger partial charge in [-0.1, -0.05) is 30.3 Å². The first-order chi connectivity index (χ1) is 9.07. The molecule has 100 valence electrons. The first-order valence-electron chi connectivity index (χ1n) is 6.90. The van der Waals surface area contributed by atoms with E-state index in [2.05, 4.69) is 6.07 Å². The summed E-state index contributed by atoms with van der Waals surface area (Å²) in [6, 6.07) is 12.3. The number of aliphatic hydroxyl groups is 1. The average molecular weight is 257 g/mol. The second-order valence-corrected chi connectivity index (χ2v) is 6.05. The molecule has 0 spiro atoms. The maximum Gasteiger partial charge on any atom is 0.114 e. The highest BCUT2D eigenvalue weighted by molar-refractivity contribution is 5.25. The largest absolute Gasteiger partial charge is 0.388 e. The van der Waals surface area contributed by atoms with Gasteiger partial charge in [0.2, 0.25) is 0 Å². The first-order valence-corrected chi connectivity index (χ1v) is 6.90. The molecule has 2 heterocycles. The van der Waals surface area contributed by atoms with Crippen molar-refractivity contribution in [2.45, 2.75) is 50.4 Å². The molecule has 2 aliphatic rings. The smallest absolute Gasteiger partial charge is 0.114 e. The maximum atomic E-state index is 10.9. The lowest BCUT2D eigenvalue weighted by molar-refractivity contribution is -0.0711. The summed E-state index contributed by atoms with van der Waals surface area (Å²) < 4.78 is 5.82. The molecule has 4 atom stereocenters. The highest BCUT2D eigenvalue weighted by atomic mass is 16.5. The number of benzene rings is 1. The Hall–Kier alpha value is -1.37. The number of nitrogens with zero attached hydrogens (tertiary/aromatic N) is 1. The van der Waals surface area contributed by atoms with Crippen molar-refractivity contribution in [3.8, 4) is 6.07 Å². The van der Waals surface area contributed by atoms with Crippen molar-refractivity contribution in [2.75, 3.05) is 0 Å². The van der Waals surface area contributed by atoms with Crippen molar-refractivity contribution in [2.24, 2.45) is 5.41 Å². The fraction of sp³-hybridized carbons (Fsp3) is 0.562. The molecule has 4 unspecified atom stereocenters. The van der Waals surface area contributed by atoms with E-state index in [0.717, 1.165) is 18.4 Å².